The molecule has 4 nitrogen and oxygen atoms in total. The number of fused-ring (bicyclic) bond motifs is 3. The molecule has 0 radical (unpaired) electrons. The van der Waals surface area contributed by atoms with Gasteiger partial charge in [0, 0.05) is 0 Å². The van der Waals surface area contributed by atoms with Crippen molar-refractivity contribution in [3.05, 3.63) is 71.5 Å². The molecule has 0 unspecified atom stereocenters. The van der Waals surface area contributed by atoms with Crippen molar-refractivity contribution >= 4 is 22.6 Å². The zero-order valence-corrected chi connectivity index (χ0v) is 12.0. The number of carbonyl (C=O) groups is 1. The van der Waals surface area contributed by atoms with Crippen LogP contribution in [0.25, 0.3) is 16.8 Å². The quantitative estimate of drug-likeness (QED) is 0.529. The SMILES string of the molecule is O=C1/C(=C/c2ccc(O)c(O)c2)Oc2ccc3ccccc3c21. The summed E-state index contributed by atoms with van der Waals surface area (Å²) >= 11 is 0. The summed E-state index contributed by atoms with van der Waals surface area (Å²) in [5, 5.41) is 20.7. The lowest BCUT2D eigenvalue weighted by atomic mass is 10.0. The van der Waals surface area contributed by atoms with E-state index in [-0.39, 0.29) is 23.0 Å². The topological polar surface area (TPSA) is 66.8 Å². The first kappa shape index (κ1) is 13.4. The Balaban J connectivity index is 1.81. The van der Waals surface area contributed by atoms with Crippen molar-refractivity contribution in [3.8, 4) is 17.2 Å². The third-order valence-corrected chi connectivity index (χ3v) is 3.86. The molecular weight excluding hydrogens is 292 g/mol. The van der Waals surface area contributed by atoms with Gasteiger partial charge in [0.05, 0.1) is 5.56 Å². The van der Waals surface area contributed by atoms with Crippen molar-refractivity contribution in [2.24, 2.45) is 0 Å². The van der Waals surface area contributed by atoms with Crippen molar-refractivity contribution in [1.82, 2.24) is 0 Å². The van der Waals surface area contributed by atoms with Gasteiger partial charge in [0.1, 0.15) is 5.75 Å². The first-order valence-corrected chi connectivity index (χ1v) is 7.11. The molecule has 0 amide bonds. The van der Waals surface area contributed by atoms with Crippen LogP contribution in [0.15, 0.2) is 60.4 Å². The number of allylic oxidation sites excluding steroid dienone is 1. The first-order valence-electron chi connectivity index (χ1n) is 7.11. The molecule has 3 aromatic carbocycles. The Morgan fingerprint density at radius 3 is 2.57 bits per heavy atom. The predicted molar refractivity (Wildman–Crippen MR) is 86.7 cm³/mol. The van der Waals surface area contributed by atoms with E-state index in [0.29, 0.717) is 16.9 Å². The third kappa shape index (κ3) is 2.12. The fourth-order valence-electron chi connectivity index (χ4n) is 2.74. The molecule has 4 rings (SSSR count). The van der Waals surface area contributed by atoms with Gasteiger partial charge in [-0.2, -0.15) is 0 Å². The largest absolute Gasteiger partial charge is 0.504 e. The Bertz CT molecular complexity index is 986. The zero-order chi connectivity index (χ0) is 16.0. The van der Waals surface area contributed by atoms with E-state index in [1.165, 1.54) is 12.1 Å². The van der Waals surface area contributed by atoms with E-state index in [9.17, 15) is 15.0 Å². The maximum atomic E-state index is 12.7. The van der Waals surface area contributed by atoms with Gasteiger partial charge in [-0.1, -0.05) is 36.4 Å². The average Bonchev–Trinajstić information content (AvgIpc) is 2.87. The third-order valence-electron chi connectivity index (χ3n) is 3.86. The van der Waals surface area contributed by atoms with Crippen LogP contribution >= 0.6 is 0 Å². The number of hydrogen-bond donors (Lipinski definition) is 2. The molecule has 1 aliphatic rings. The van der Waals surface area contributed by atoms with Gasteiger partial charge in [-0.3, -0.25) is 4.79 Å². The molecule has 0 bridgehead atoms. The Kier molecular flexibility index (Phi) is 2.84. The number of carbonyl (C=O) groups excluding carboxylic acids is 1. The van der Waals surface area contributed by atoms with Crippen LogP contribution in [-0.4, -0.2) is 16.0 Å². The summed E-state index contributed by atoms with van der Waals surface area (Å²) in [5.74, 6) is 0.0848. The van der Waals surface area contributed by atoms with Crippen LogP contribution in [0.3, 0.4) is 0 Å². The standard InChI is InChI=1S/C19H12O4/c20-14-7-5-11(9-15(14)21)10-17-19(22)18-13-4-2-1-3-12(13)6-8-16(18)23-17/h1-10,20-21H/b17-10-. The molecular formula is C19H12O4. The van der Waals surface area contributed by atoms with Crippen LogP contribution in [-0.2, 0) is 0 Å². The number of phenols is 2. The van der Waals surface area contributed by atoms with Gasteiger partial charge in [-0.15, -0.1) is 0 Å². The highest BCUT2D eigenvalue weighted by Gasteiger charge is 2.29. The van der Waals surface area contributed by atoms with Crippen LogP contribution in [0.1, 0.15) is 15.9 Å². The van der Waals surface area contributed by atoms with Crippen molar-refractivity contribution in [3.63, 3.8) is 0 Å². The highest BCUT2D eigenvalue weighted by molar-refractivity contribution is 6.21. The van der Waals surface area contributed by atoms with Crippen LogP contribution in [0.5, 0.6) is 17.2 Å². The molecule has 23 heavy (non-hydrogen) atoms. The minimum absolute atomic E-state index is 0.190. The predicted octanol–water partition coefficient (Wildman–Crippen LogP) is 3.87. The summed E-state index contributed by atoms with van der Waals surface area (Å²) < 4.78 is 5.67. The molecule has 1 aliphatic heterocycles. The number of aromatic hydroxyl groups is 2. The number of benzene rings is 3. The lowest BCUT2D eigenvalue weighted by Crippen LogP contribution is -1.98. The minimum Gasteiger partial charge on any atom is -0.504 e. The van der Waals surface area contributed by atoms with Gasteiger partial charge in [-0.05, 0) is 40.6 Å². The second-order valence-corrected chi connectivity index (χ2v) is 5.35. The highest BCUT2D eigenvalue weighted by Crippen LogP contribution is 2.37. The van der Waals surface area contributed by atoms with E-state index >= 15 is 0 Å². The van der Waals surface area contributed by atoms with Gasteiger partial charge in [-0.25, -0.2) is 0 Å². The minimum atomic E-state index is -0.243. The summed E-state index contributed by atoms with van der Waals surface area (Å²) in [5.41, 5.74) is 1.12. The molecule has 0 saturated heterocycles. The summed E-state index contributed by atoms with van der Waals surface area (Å²) in [6.07, 6.45) is 1.55. The molecule has 0 aromatic heterocycles. The second kappa shape index (κ2) is 4.88. The van der Waals surface area contributed by atoms with Crippen LogP contribution in [0, 0.1) is 0 Å². The zero-order valence-electron chi connectivity index (χ0n) is 12.0. The van der Waals surface area contributed by atoms with E-state index in [2.05, 4.69) is 0 Å². The normalized spacial score (nSPS) is 15.0. The van der Waals surface area contributed by atoms with E-state index < -0.39 is 0 Å². The molecule has 0 atom stereocenters. The van der Waals surface area contributed by atoms with E-state index in [0.717, 1.165) is 10.8 Å². The Hall–Kier alpha value is -3.27. The van der Waals surface area contributed by atoms with Gasteiger partial charge in [0.2, 0.25) is 5.78 Å². The second-order valence-electron chi connectivity index (χ2n) is 5.35. The Morgan fingerprint density at radius 2 is 1.74 bits per heavy atom. The van der Waals surface area contributed by atoms with E-state index in [4.69, 9.17) is 4.74 Å². The number of phenolic OH excluding ortho intramolecular Hbond substituents is 2. The van der Waals surface area contributed by atoms with Gasteiger partial charge >= 0.3 is 0 Å². The number of Topliss-reactive ketones (excluding diaryl/α,β-unsaturated/α-hetero) is 1. The maximum absolute atomic E-state index is 12.7. The lowest BCUT2D eigenvalue weighted by molar-refractivity contribution is 0.101. The van der Waals surface area contributed by atoms with Crippen molar-refractivity contribution in [2.45, 2.75) is 0 Å². The molecule has 0 saturated carbocycles. The maximum Gasteiger partial charge on any atom is 0.232 e. The number of rotatable bonds is 1. The summed E-state index contributed by atoms with van der Waals surface area (Å²) in [6.45, 7) is 0. The average molecular weight is 304 g/mol. The van der Waals surface area contributed by atoms with Gasteiger partial charge < -0.3 is 14.9 Å². The molecule has 0 aliphatic carbocycles. The Labute approximate surface area is 131 Å². The highest BCUT2D eigenvalue weighted by atomic mass is 16.5. The first-order chi connectivity index (χ1) is 11.1. The van der Waals surface area contributed by atoms with E-state index in [1.54, 1.807) is 18.2 Å². The van der Waals surface area contributed by atoms with Crippen LogP contribution in [0.4, 0.5) is 0 Å². The van der Waals surface area contributed by atoms with Crippen molar-refractivity contribution in [1.29, 1.82) is 0 Å². The lowest BCUT2D eigenvalue weighted by Gasteiger charge is -2.01. The smallest absolute Gasteiger partial charge is 0.232 e. The van der Waals surface area contributed by atoms with Crippen molar-refractivity contribution in [2.75, 3.05) is 0 Å². The number of ketones is 1. The molecule has 3 aromatic rings. The molecule has 112 valence electrons. The molecule has 1 heterocycles. The summed E-state index contributed by atoms with van der Waals surface area (Å²) in [7, 11) is 0. The summed E-state index contributed by atoms with van der Waals surface area (Å²) in [6, 6.07) is 15.7. The van der Waals surface area contributed by atoms with Gasteiger partial charge in [0.25, 0.3) is 0 Å². The number of hydrogen-bond acceptors (Lipinski definition) is 4. The molecule has 0 fully saturated rings. The van der Waals surface area contributed by atoms with E-state index in [1.807, 2.05) is 30.3 Å². The fraction of sp³-hybridized carbons (Fsp3) is 0. The van der Waals surface area contributed by atoms with Crippen molar-refractivity contribution < 1.29 is 19.7 Å². The van der Waals surface area contributed by atoms with Crippen LogP contribution in [0.2, 0.25) is 0 Å². The molecule has 2 N–H and O–H groups in total. The summed E-state index contributed by atoms with van der Waals surface area (Å²) in [4.78, 5) is 12.7. The fourth-order valence-corrected chi connectivity index (χ4v) is 2.74. The monoisotopic (exact) mass is 304 g/mol. The Morgan fingerprint density at radius 1 is 0.913 bits per heavy atom. The molecule has 0 spiro atoms. The van der Waals surface area contributed by atoms with Crippen LogP contribution < -0.4 is 4.74 Å². The molecule has 4 heteroatoms. The number of ether oxygens (including phenoxy) is 1. The van der Waals surface area contributed by atoms with Gasteiger partial charge in [0.15, 0.2) is 17.3 Å².